The summed E-state index contributed by atoms with van der Waals surface area (Å²) in [4.78, 5) is 11.6. The highest BCUT2D eigenvalue weighted by molar-refractivity contribution is 9.10. The van der Waals surface area contributed by atoms with E-state index >= 15 is 0 Å². The van der Waals surface area contributed by atoms with Gasteiger partial charge in [0.05, 0.1) is 11.1 Å². The van der Waals surface area contributed by atoms with Crippen LogP contribution < -0.4 is 20.1 Å². The molecule has 0 aliphatic heterocycles. The Labute approximate surface area is 134 Å². The molecule has 0 saturated carbocycles. The van der Waals surface area contributed by atoms with Crippen LogP contribution in [0.3, 0.4) is 0 Å². The number of halogens is 1. The normalized spacial score (nSPS) is 11.9. The van der Waals surface area contributed by atoms with Crippen LogP contribution in [0.1, 0.15) is 26.3 Å². The van der Waals surface area contributed by atoms with Gasteiger partial charge >= 0.3 is 0 Å². The number of amides is 1. The Morgan fingerprint density at radius 3 is 2.67 bits per heavy atom. The van der Waals surface area contributed by atoms with Crippen LogP contribution in [-0.4, -0.2) is 32.2 Å². The number of carbonyl (C=O) groups excluding carboxylic acids is 1. The van der Waals surface area contributed by atoms with Gasteiger partial charge in [0.1, 0.15) is 0 Å². The van der Waals surface area contributed by atoms with E-state index < -0.39 is 6.10 Å². The van der Waals surface area contributed by atoms with E-state index in [-0.39, 0.29) is 5.91 Å². The van der Waals surface area contributed by atoms with E-state index in [0.29, 0.717) is 18.1 Å². The lowest BCUT2D eigenvalue weighted by Crippen LogP contribution is -2.33. The van der Waals surface area contributed by atoms with Crippen LogP contribution in [0.2, 0.25) is 0 Å². The third-order valence-corrected chi connectivity index (χ3v) is 3.45. The summed E-state index contributed by atoms with van der Waals surface area (Å²) in [5.74, 6) is 1.00. The number of benzene rings is 1. The molecule has 0 fully saturated rings. The second kappa shape index (κ2) is 8.89. The van der Waals surface area contributed by atoms with Gasteiger partial charge in [-0.3, -0.25) is 4.79 Å². The number of carbonyl (C=O) groups is 1. The molecular weight excluding hydrogens is 336 g/mol. The summed E-state index contributed by atoms with van der Waals surface area (Å²) in [5.41, 5.74) is 1.09. The molecule has 0 aliphatic carbocycles. The number of hydrogen-bond acceptors (Lipinski definition) is 4. The molecule has 0 heterocycles. The average molecular weight is 359 g/mol. The summed E-state index contributed by atoms with van der Waals surface area (Å²) in [5, 5.41) is 5.83. The zero-order valence-corrected chi connectivity index (χ0v) is 14.5. The first-order valence-electron chi connectivity index (χ1n) is 7.07. The molecule has 5 nitrogen and oxygen atoms in total. The summed E-state index contributed by atoms with van der Waals surface area (Å²) in [6, 6.07) is 3.90. The van der Waals surface area contributed by atoms with Crippen molar-refractivity contribution < 1.29 is 14.3 Å². The minimum absolute atomic E-state index is 0.180. The highest BCUT2D eigenvalue weighted by Gasteiger charge is 2.19. The maximum atomic E-state index is 11.6. The summed E-state index contributed by atoms with van der Waals surface area (Å²) in [7, 11) is 1.58. The van der Waals surface area contributed by atoms with Crippen LogP contribution in [0.4, 0.5) is 0 Å². The van der Waals surface area contributed by atoms with E-state index in [1.54, 1.807) is 14.0 Å². The molecule has 0 radical (unpaired) electrons. The van der Waals surface area contributed by atoms with Crippen LogP contribution in [0, 0.1) is 0 Å². The van der Waals surface area contributed by atoms with E-state index in [1.807, 2.05) is 19.1 Å². The summed E-state index contributed by atoms with van der Waals surface area (Å²) >= 11 is 3.49. The van der Waals surface area contributed by atoms with E-state index in [9.17, 15) is 4.79 Å². The van der Waals surface area contributed by atoms with Gasteiger partial charge < -0.3 is 20.1 Å². The molecule has 0 aliphatic rings. The fourth-order valence-corrected chi connectivity index (χ4v) is 2.39. The maximum absolute atomic E-state index is 11.6. The molecule has 1 unspecified atom stereocenters. The average Bonchev–Trinajstić information content (AvgIpc) is 2.47. The monoisotopic (exact) mass is 358 g/mol. The lowest BCUT2D eigenvalue weighted by molar-refractivity contribution is -0.126. The highest BCUT2D eigenvalue weighted by Crippen LogP contribution is 2.37. The first-order chi connectivity index (χ1) is 10.0. The zero-order chi connectivity index (χ0) is 15.8. The fraction of sp³-hybridized carbons (Fsp3) is 0.533. The zero-order valence-electron chi connectivity index (χ0n) is 13.0. The van der Waals surface area contributed by atoms with E-state index in [2.05, 4.69) is 33.5 Å². The van der Waals surface area contributed by atoms with Crippen LogP contribution in [0.5, 0.6) is 11.5 Å². The molecule has 118 valence electrons. The molecule has 1 aromatic rings. The van der Waals surface area contributed by atoms with Crippen molar-refractivity contribution in [2.75, 3.05) is 20.2 Å². The minimum Gasteiger partial charge on any atom is -0.490 e. The third-order valence-electron chi connectivity index (χ3n) is 2.86. The fourth-order valence-electron chi connectivity index (χ4n) is 1.80. The SMILES string of the molecule is CCNCc1cc(Br)c(OC(C)C(=O)NC)c(OCC)c1. The predicted octanol–water partition coefficient (Wildman–Crippen LogP) is 2.47. The highest BCUT2D eigenvalue weighted by atomic mass is 79.9. The Morgan fingerprint density at radius 1 is 1.38 bits per heavy atom. The molecule has 0 saturated heterocycles. The van der Waals surface area contributed by atoms with Gasteiger partial charge in [-0.05, 0) is 54.0 Å². The summed E-state index contributed by atoms with van der Waals surface area (Å²) < 4.78 is 12.1. The van der Waals surface area contributed by atoms with Crippen LogP contribution in [-0.2, 0) is 11.3 Å². The Morgan fingerprint density at radius 2 is 2.10 bits per heavy atom. The van der Waals surface area contributed by atoms with Gasteiger partial charge in [0.15, 0.2) is 17.6 Å². The molecule has 0 aromatic heterocycles. The second-order valence-electron chi connectivity index (χ2n) is 4.49. The molecule has 2 N–H and O–H groups in total. The van der Waals surface area contributed by atoms with Crippen LogP contribution >= 0.6 is 15.9 Å². The molecule has 1 aromatic carbocycles. The molecule has 0 spiro atoms. The van der Waals surface area contributed by atoms with Gasteiger partial charge in [0, 0.05) is 13.6 Å². The quantitative estimate of drug-likeness (QED) is 0.749. The molecular formula is C15H23BrN2O3. The number of rotatable bonds is 8. The van der Waals surface area contributed by atoms with Gasteiger partial charge in [-0.1, -0.05) is 6.92 Å². The molecule has 6 heteroatoms. The smallest absolute Gasteiger partial charge is 0.260 e. The van der Waals surface area contributed by atoms with Crippen molar-refractivity contribution in [2.24, 2.45) is 0 Å². The van der Waals surface area contributed by atoms with Crippen LogP contribution in [0.25, 0.3) is 0 Å². The molecule has 1 amide bonds. The lowest BCUT2D eigenvalue weighted by Gasteiger charge is -2.19. The van der Waals surface area contributed by atoms with Crippen molar-refractivity contribution in [3.8, 4) is 11.5 Å². The Bertz CT molecular complexity index is 480. The number of likely N-dealkylation sites (N-methyl/N-ethyl adjacent to an activating group) is 1. The van der Waals surface area contributed by atoms with Gasteiger partial charge in [-0.2, -0.15) is 0 Å². The van der Waals surface area contributed by atoms with Crippen molar-refractivity contribution >= 4 is 21.8 Å². The van der Waals surface area contributed by atoms with Crippen molar-refractivity contribution in [1.82, 2.24) is 10.6 Å². The van der Waals surface area contributed by atoms with Crippen molar-refractivity contribution in [3.05, 3.63) is 22.2 Å². The van der Waals surface area contributed by atoms with Crippen molar-refractivity contribution in [3.63, 3.8) is 0 Å². The minimum atomic E-state index is -0.592. The molecule has 0 bridgehead atoms. The molecule has 1 atom stereocenters. The predicted molar refractivity (Wildman–Crippen MR) is 86.8 cm³/mol. The third kappa shape index (κ3) is 5.21. The van der Waals surface area contributed by atoms with E-state index in [1.165, 1.54) is 0 Å². The summed E-state index contributed by atoms with van der Waals surface area (Å²) in [6.45, 7) is 7.85. The standard InChI is InChI=1S/C15H23BrN2O3/c1-5-18-9-11-7-12(16)14(13(8-11)20-6-2)21-10(3)15(19)17-4/h7-8,10,18H,5-6,9H2,1-4H3,(H,17,19). The maximum Gasteiger partial charge on any atom is 0.260 e. The van der Waals surface area contributed by atoms with Gasteiger partial charge in [0.2, 0.25) is 0 Å². The van der Waals surface area contributed by atoms with E-state index in [4.69, 9.17) is 9.47 Å². The Hall–Kier alpha value is -1.27. The van der Waals surface area contributed by atoms with Gasteiger partial charge in [0.25, 0.3) is 5.91 Å². The Balaban J connectivity index is 3.03. The number of ether oxygens (including phenoxy) is 2. The van der Waals surface area contributed by atoms with E-state index in [0.717, 1.165) is 23.1 Å². The van der Waals surface area contributed by atoms with Gasteiger partial charge in [-0.15, -0.1) is 0 Å². The number of hydrogen-bond donors (Lipinski definition) is 2. The largest absolute Gasteiger partial charge is 0.490 e. The lowest BCUT2D eigenvalue weighted by atomic mass is 10.2. The van der Waals surface area contributed by atoms with Crippen molar-refractivity contribution in [1.29, 1.82) is 0 Å². The first-order valence-corrected chi connectivity index (χ1v) is 7.86. The molecule has 21 heavy (non-hydrogen) atoms. The topological polar surface area (TPSA) is 59.6 Å². The number of nitrogens with one attached hydrogen (secondary N) is 2. The first kappa shape index (κ1) is 17.8. The molecule has 1 rings (SSSR count). The summed E-state index contributed by atoms with van der Waals surface area (Å²) in [6.07, 6.45) is -0.592. The van der Waals surface area contributed by atoms with Crippen LogP contribution in [0.15, 0.2) is 16.6 Å². The van der Waals surface area contributed by atoms with Gasteiger partial charge in [-0.25, -0.2) is 0 Å². The second-order valence-corrected chi connectivity index (χ2v) is 5.35. The Kier molecular flexibility index (Phi) is 7.53. The van der Waals surface area contributed by atoms with Crippen molar-refractivity contribution in [2.45, 2.75) is 33.4 Å².